The third-order valence-corrected chi connectivity index (χ3v) is 3.32. The maximum atomic E-state index is 5.83. The molecule has 1 atom stereocenters. The predicted molar refractivity (Wildman–Crippen MR) is 68.5 cm³/mol. The Bertz CT molecular complexity index is 498. The molecule has 0 radical (unpaired) electrons. The smallest absolute Gasteiger partial charge is 0.243 e. The van der Waals surface area contributed by atoms with Gasteiger partial charge in [0.1, 0.15) is 0 Å². The Morgan fingerprint density at radius 1 is 1.41 bits per heavy atom. The highest BCUT2D eigenvalue weighted by Gasteiger charge is 2.13. The van der Waals surface area contributed by atoms with Gasteiger partial charge >= 0.3 is 0 Å². The topological polar surface area (TPSA) is 64.9 Å². The molecule has 2 rings (SSSR count). The molecule has 0 saturated carbocycles. The number of hydrogen-bond donors (Lipinski definition) is 1. The van der Waals surface area contributed by atoms with E-state index in [4.69, 9.17) is 10.3 Å². The van der Waals surface area contributed by atoms with E-state index >= 15 is 0 Å². The number of rotatable bonds is 4. The van der Waals surface area contributed by atoms with Gasteiger partial charge in [0.15, 0.2) is 5.82 Å². The van der Waals surface area contributed by atoms with Crippen LogP contribution in [0.4, 0.5) is 0 Å². The van der Waals surface area contributed by atoms with E-state index in [1.54, 1.807) is 0 Å². The van der Waals surface area contributed by atoms with Crippen molar-refractivity contribution in [2.24, 2.45) is 5.73 Å². The third kappa shape index (κ3) is 2.92. The Morgan fingerprint density at radius 2 is 2.18 bits per heavy atom. The van der Waals surface area contributed by atoms with Gasteiger partial charge in [0.2, 0.25) is 5.89 Å². The van der Waals surface area contributed by atoms with Gasteiger partial charge in [-0.1, -0.05) is 46.2 Å². The minimum atomic E-state index is -0.171. The minimum Gasteiger partial charge on any atom is -0.338 e. The fourth-order valence-corrected chi connectivity index (χ4v) is 1.90. The molecule has 90 valence electrons. The molecule has 0 spiro atoms. The zero-order chi connectivity index (χ0) is 12.3. The maximum absolute atomic E-state index is 5.83. The van der Waals surface area contributed by atoms with Crippen LogP contribution >= 0.6 is 15.9 Å². The lowest BCUT2D eigenvalue weighted by atomic mass is 10.1. The number of nitrogens with zero attached hydrogens (tertiary/aromatic N) is 2. The summed E-state index contributed by atoms with van der Waals surface area (Å²) in [5, 5.41) is 3.93. The largest absolute Gasteiger partial charge is 0.338 e. The van der Waals surface area contributed by atoms with Crippen LogP contribution in [-0.2, 0) is 6.42 Å². The first-order valence-corrected chi connectivity index (χ1v) is 6.31. The van der Waals surface area contributed by atoms with Gasteiger partial charge < -0.3 is 10.3 Å². The molecule has 0 unspecified atom stereocenters. The average molecular weight is 296 g/mol. The molecular weight excluding hydrogens is 282 g/mol. The van der Waals surface area contributed by atoms with Gasteiger partial charge in [-0.2, -0.15) is 4.98 Å². The Kier molecular flexibility index (Phi) is 3.91. The summed E-state index contributed by atoms with van der Waals surface area (Å²) in [4.78, 5) is 4.29. The van der Waals surface area contributed by atoms with Gasteiger partial charge in [-0.25, -0.2) is 0 Å². The summed E-state index contributed by atoms with van der Waals surface area (Å²) >= 11 is 3.49. The van der Waals surface area contributed by atoms with Crippen molar-refractivity contribution in [3.63, 3.8) is 0 Å². The Hall–Kier alpha value is -1.20. The van der Waals surface area contributed by atoms with Gasteiger partial charge in [0, 0.05) is 10.9 Å². The van der Waals surface area contributed by atoms with E-state index in [9.17, 15) is 0 Å². The van der Waals surface area contributed by atoms with Crippen LogP contribution in [0.5, 0.6) is 0 Å². The van der Waals surface area contributed by atoms with Crippen molar-refractivity contribution in [3.05, 3.63) is 46.0 Å². The van der Waals surface area contributed by atoms with E-state index in [2.05, 4.69) is 26.1 Å². The SMILES string of the molecule is CC[C@@H](N)c1nc(Cc2ccccc2Br)no1. The van der Waals surface area contributed by atoms with Crippen LogP contribution in [0.1, 0.15) is 36.7 Å². The van der Waals surface area contributed by atoms with Gasteiger partial charge in [0.05, 0.1) is 6.04 Å². The fraction of sp³-hybridized carbons (Fsp3) is 0.333. The van der Waals surface area contributed by atoms with Gasteiger partial charge in [-0.05, 0) is 18.1 Å². The van der Waals surface area contributed by atoms with Crippen molar-refractivity contribution in [2.45, 2.75) is 25.8 Å². The zero-order valence-corrected chi connectivity index (χ0v) is 11.1. The fourth-order valence-electron chi connectivity index (χ4n) is 1.48. The van der Waals surface area contributed by atoms with E-state index in [0.717, 1.165) is 16.5 Å². The molecule has 1 aromatic heterocycles. The summed E-state index contributed by atoms with van der Waals surface area (Å²) in [7, 11) is 0. The van der Waals surface area contributed by atoms with Crippen LogP contribution in [0.15, 0.2) is 33.3 Å². The van der Waals surface area contributed by atoms with Crippen molar-refractivity contribution in [1.82, 2.24) is 10.1 Å². The summed E-state index contributed by atoms with van der Waals surface area (Å²) in [6.45, 7) is 1.99. The molecule has 0 bridgehead atoms. The maximum Gasteiger partial charge on any atom is 0.243 e. The highest BCUT2D eigenvalue weighted by atomic mass is 79.9. The van der Waals surface area contributed by atoms with Gasteiger partial charge in [-0.3, -0.25) is 0 Å². The summed E-state index contributed by atoms with van der Waals surface area (Å²) in [5.41, 5.74) is 6.95. The molecule has 4 nitrogen and oxygen atoms in total. The predicted octanol–water partition coefficient (Wildman–Crippen LogP) is 2.83. The molecule has 5 heteroatoms. The lowest BCUT2D eigenvalue weighted by Gasteiger charge is -2.00. The second-order valence-corrected chi connectivity index (χ2v) is 4.69. The monoisotopic (exact) mass is 295 g/mol. The van der Waals surface area contributed by atoms with Crippen molar-refractivity contribution in [3.8, 4) is 0 Å². The Labute approximate surface area is 108 Å². The highest BCUT2D eigenvalue weighted by molar-refractivity contribution is 9.10. The first-order chi connectivity index (χ1) is 8.20. The van der Waals surface area contributed by atoms with Crippen molar-refractivity contribution in [2.75, 3.05) is 0 Å². The van der Waals surface area contributed by atoms with E-state index < -0.39 is 0 Å². The first kappa shape index (κ1) is 12.3. The van der Waals surface area contributed by atoms with Gasteiger partial charge in [-0.15, -0.1) is 0 Å². The average Bonchev–Trinajstić information content (AvgIpc) is 2.80. The van der Waals surface area contributed by atoms with E-state index in [1.165, 1.54) is 0 Å². The van der Waals surface area contributed by atoms with Crippen LogP contribution in [-0.4, -0.2) is 10.1 Å². The Morgan fingerprint density at radius 3 is 2.88 bits per heavy atom. The summed E-state index contributed by atoms with van der Waals surface area (Å²) in [6, 6.07) is 7.81. The van der Waals surface area contributed by atoms with Crippen LogP contribution in [0, 0.1) is 0 Å². The number of hydrogen-bond acceptors (Lipinski definition) is 4. The zero-order valence-electron chi connectivity index (χ0n) is 9.56. The lowest BCUT2D eigenvalue weighted by Crippen LogP contribution is -2.08. The molecule has 2 N–H and O–H groups in total. The molecule has 1 aromatic carbocycles. The summed E-state index contributed by atoms with van der Waals surface area (Å²) in [6.07, 6.45) is 1.43. The standard InChI is InChI=1S/C12H14BrN3O/c1-2-10(14)12-15-11(16-17-12)7-8-5-3-4-6-9(8)13/h3-6,10H,2,7,14H2,1H3/t10-/m1/s1. The van der Waals surface area contributed by atoms with Crippen LogP contribution < -0.4 is 5.73 Å². The lowest BCUT2D eigenvalue weighted by molar-refractivity contribution is 0.348. The molecule has 1 heterocycles. The molecule has 2 aromatic rings. The molecule has 17 heavy (non-hydrogen) atoms. The van der Waals surface area contributed by atoms with Gasteiger partial charge in [0.25, 0.3) is 0 Å². The summed E-state index contributed by atoms with van der Waals surface area (Å²) < 4.78 is 6.18. The van der Waals surface area contributed by atoms with Crippen molar-refractivity contribution >= 4 is 15.9 Å². The van der Waals surface area contributed by atoms with E-state index in [1.807, 2.05) is 31.2 Å². The molecule has 0 aliphatic heterocycles. The normalized spacial score (nSPS) is 12.6. The summed E-state index contributed by atoms with van der Waals surface area (Å²) in [5.74, 6) is 1.17. The number of aromatic nitrogens is 2. The molecule has 0 aliphatic rings. The third-order valence-electron chi connectivity index (χ3n) is 2.55. The van der Waals surface area contributed by atoms with Crippen LogP contribution in [0.3, 0.4) is 0 Å². The molecule has 0 amide bonds. The van der Waals surface area contributed by atoms with E-state index in [0.29, 0.717) is 18.1 Å². The quantitative estimate of drug-likeness (QED) is 0.942. The highest BCUT2D eigenvalue weighted by Crippen LogP contribution is 2.19. The number of nitrogens with two attached hydrogens (primary N) is 1. The number of halogens is 1. The first-order valence-electron chi connectivity index (χ1n) is 5.52. The second kappa shape index (κ2) is 5.42. The van der Waals surface area contributed by atoms with E-state index in [-0.39, 0.29) is 6.04 Å². The van der Waals surface area contributed by atoms with Crippen molar-refractivity contribution in [1.29, 1.82) is 0 Å². The van der Waals surface area contributed by atoms with Crippen molar-refractivity contribution < 1.29 is 4.52 Å². The molecular formula is C12H14BrN3O. The molecule has 0 saturated heterocycles. The minimum absolute atomic E-state index is 0.171. The Balaban J connectivity index is 2.14. The number of benzene rings is 1. The van der Waals surface area contributed by atoms with Crippen LogP contribution in [0.2, 0.25) is 0 Å². The molecule has 0 fully saturated rings. The second-order valence-electron chi connectivity index (χ2n) is 3.83. The molecule has 0 aliphatic carbocycles. The van der Waals surface area contributed by atoms with Crippen LogP contribution in [0.25, 0.3) is 0 Å².